The number of nitrogens with zero attached hydrogens (tertiary/aromatic N) is 1. The third-order valence-corrected chi connectivity index (χ3v) is 5.19. The number of likely N-dealkylation sites (N-methyl/N-ethyl adjacent to an activating group) is 1. The average molecular weight is 254 g/mol. The van der Waals surface area contributed by atoms with Crippen LogP contribution in [-0.4, -0.2) is 43.3 Å². The highest BCUT2D eigenvalue weighted by atomic mass is 16.5. The Kier molecular flexibility index (Phi) is 5.05. The molecule has 3 heteroatoms. The van der Waals surface area contributed by atoms with Crippen LogP contribution in [0.15, 0.2) is 0 Å². The Labute approximate surface area is 112 Å². The van der Waals surface area contributed by atoms with Gasteiger partial charge in [0.05, 0.1) is 6.10 Å². The molecule has 1 aliphatic heterocycles. The van der Waals surface area contributed by atoms with E-state index in [1.54, 1.807) is 0 Å². The van der Waals surface area contributed by atoms with Crippen LogP contribution in [0.2, 0.25) is 0 Å². The molecule has 2 aliphatic rings. The van der Waals surface area contributed by atoms with Crippen LogP contribution in [0, 0.1) is 5.92 Å². The standard InChI is InChI=1S/C15H30N2O/c1-3-13-6-4-8-15(10-13,12-16)17(2)11-14-7-5-9-18-14/h13-14H,3-12,16H2,1-2H3. The second kappa shape index (κ2) is 6.36. The third kappa shape index (κ3) is 3.06. The summed E-state index contributed by atoms with van der Waals surface area (Å²) in [5.41, 5.74) is 6.39. The summed E-state index contributed by atoms with van der Waals surface area (Å²) in [7, 11) is 2.26. The lowest BCUT2D eigenvalue weighted by Gasteiger charge is -2.47. The van der Waals surface area contributed by atoms with Crippen LogP contribution in [0.1, 0.15) is 51.9 Å². The molecule has 0 amide bonds. The van der Waals surface area contributed by atoms with Crippen molar-refractivity contribution in [3.05, 3.63) is 0 Å². The van der Waals surface area contributed by atoms with Crippen LogP contribution < -0.4 is 5.73 Å². The van der Waals surface area contributed by atoms with Crippen molar-refractivity contribution in [2.24, 2.45) is 11.7 Å². The van der Waals surface area contributed by atoms with Gasteiger partial charge in [-0.05, 0) is 38.6 Å². The molecule has 106 valence electrons. The van der Waals surface area contributed by atoms with Gasteiger partial charge in [-0.25, -0.2) is 0 Å². The van der Waals surface area contributed by atoms with E-state index in [0.717, 1.165) is 25.6 Å². The average Bonchev–Trinajstić information content (AvgIpc) is 2.91. The molecule has 0 spiro atoms. The summed E-state index contributed by atoms with van der Waals surface area (Å²) in [6.45, 7) is 5.13. The van der Waals surface area contributed by atoms with Crippen molar-refractivity contribution < 1.29 is 4.74 Å². The Bertz CT molecular complexity index is 253. The predicted molar refractivity (Wildman–Crippen MR) is 75.6 cm³/mol. The van der Waals surface area contributed by atoms with Gasteiger partial charge in [0.1, 0.15) is 0 Å². The van der Waals surface area contributed by atoms with Gasteiger partial charge < -0.3 is 10.5 Å². The summed E-state index contributed by atoms with van der Waals surface area (Å²) >= 11 is 0. The van der Waals surface area contributed by atoms with Crippen LogP contribution >= 0.6 is 0 Å². The topological polar surface area (TPSA) is 38.5 Å². The van der Waals surface area contributed by atoms with Crippen molar-refractivity contribution in [2.45, 2.75) is 63.5 Å². The zero-order chi connectivity index (χ0) is 13.0. The van der Waals surface area contributed by atoms with E-state index in [0.29, 0.717) is 6.10 Å². The fourth-order valence-corrected chi connectivity index (χ4v) is 3.79. The summed E-state index contributed by atoms with van der Waals surface area (Å²) in [4.78, 5) is 2.52. The first kappa shape index (κ1) is 14.3. The maximum atomic E-state index is 6.15. The molecule has 1 saturated carbocycles. The highest BCUT2D eigenvalue weighted by molar-refractivity contribution is 4.96. The zero-order valence-electron chi connectivity index (χ0n) is 12.2. The van der Waals surface area contributed by atoms with Crippen molar-refractivity contribution in [3.63, 3.8) is 0 Å². The third-order valence-electron chi connectivity index (χ3n) is 5.19. The van der Waals surface area contributed by atoms with Crippen molar-refractivity contribution in [1.29, 1.82) is 0 Å². The molecule has 3 nitrogen and oxygen atoms in total. The van der Waals surface area contributed by atoms with Gasteiger partial charge >= 0.3 is 0 Å². The summed E-state index contributed by atoms with van der Waals surface area (Å²) in [5, 5.41) is 0. The predicted octanol–water partition coefficient (Wildman–Crippen LogP) is 2.39. The van der Waals surface area contributed by atoms with Crippen molar-refractivity contribution in [3.8, 4) is 0 Å². The zero-order valence-corrected chi connectivity index (χ0v) is 12.2. The van der Waals surface area contributed by atoms with Crippen molar-refractivity contribution in [1.82, 2.24) is 4.90 Å². The van der Waals surface area contributed by atoms with E-state index >= 15 is 0 Å². The molecule has 1 saturated heterocycles. The highest BCUT2D eigenvalue weighted by Gasteiger charge is 2.39. The molecular weight excluding hydrogens is 224 g/mol. The normalized spacial score (nSPS) is 37.3. The lowest BCUT2D eigenvalue weighted by molar-refractivity contribution is 0.00843. The Morgan fingerprint density at radius 3 is 2.78 bits per heavy atom. The molecule has 1 heterocycles. The maximum Gasteiger partial charge on any atom is 0.0702 e. The number of nitrogens with two attached hydrogens (primary N) is 1. The van der Waals surface area contributed by atoms with Gasteiger partial charge in [-0.1, -0.05) is 26.2 Å². The quantitative estimate of drug-likeness (QED) is 0.819. The fourth-order valence-electron chi connectivity index (χ4n) is 3.79. The van der Waals surface area contributed by atoms with Gasteiger partial charge in [-0.2, -0.15) is 0 Å². The Hall–Kier alpha value is -0.120. The van der Waals surface area contributed by atoms with E-state index in [4.69, 9.17) is 10.5 Å². The Balaban J connectivity index is 1.96. The molecule has 1 aliphatic carbocycles. The van der Waals surface area contributed by atoms with E-state index in [-0.39, 0.29) is 5.54 Å². The SMILES string of the molecule is CCC1CCCC(CN)(N(C)CC2CCCO2)C1. The van der Waals surface area contributed by atoms with Crippen LogP contribution in [0.3, 0.4) is 0 Å². The monoisotopic (exact) mass is 254 g/mol. The molecule has 0 radical (unpaired) electrons. The molecule has 0 bridgehead atoms. The minimum atomic E-state index is 0.241. The molecule has 0 aromatic heterocycles. The van der Waals surface area contributed by atoms with E-state index in [1.165, 1.54) is 44.9 Å². The Morgan fingerprint density at radius 1 is 1.33 bits per heavy atom. The molecule has 2 fully saturated rings. The fraction of sp³-hybridized carbons (Fsp3) is 1.00. The second-order valence-corrected chi connectivity index (χ2v) is 6.31. The smallest absolute Gasteiger partial charge is 0.0702 e. The van der Waals surface area contributed by atoms with Crippen LogP contribution in [0.4, 0.5) is 0 Å². The van der Waals surface area contributed by atoms with Gasteiger partial charge in [0, 0.05) is 25.2 Å². The van der Waals surface area contributed by atoms with Gasteiger partial charge in [0.25, 0.3) is 0 Å². The number of rotatable bonds is 5. The summed E-state index contributed by atoms with van der Waals surface area (Å²) < 4.78 is 5.77. The molecular formula is C15H30N2O. The summed E-state index contributed by atoms with van der Waals surface area (Å²) in [5.74, 6) is 0.870. The van der Waals surface area contributed by atoms with Crippen molar-refractivity contribution >= 4 is 0 Å². The number of hydrogen-bond acceptors (Lipinski definition) is 3. The molecule has 3 atom stereocenters. The molecule has 2 N–H and O–H groups in total. The number of hydrogen-bond donors (Lipinski definition) is 1. The molecule has 3 unspecified atom stereocenters. The van der Waals surface area contributed by atoms with Gasteiger partial charge in [-0.3, -0.25) is 4.90 Å². The van der Waals surface area contributed by atoms with E-state index in [9.17, 15) is 0 Å². The first-order valence-electron chi connectivity index (χ1n) is 7.73. The highest BCUT2D eigenvalue weighted by Crippen LogP contribution is 2.37. The van der Waals surface area contributed by atoms with E-state index in [2.05, 4.69) is 18.9 Å². The molecule has 2 rings (SSSR count). The van der Waals surface area contributed by atoms with Crippen molar-refractivity contribution in [2.75, 3.05) is 26.7 Å². The van der Waals surface area contributed by atoms with Crippen LogP contribution in [0.5, 0.6) is 0 Å². The first-order chi connectivity index (χ1) is 8.70. The van der Waals surface area contributed by atoms with E-state index in [1.807, 2.05) is 0 Å². The lowest BCUT2D eigenvalue weighted by Crippen LogP contribution is -2.56. The largest absolute Gasteiger partial charge is 0.377 e. The van der Waals surface area contributed by atoms with E-state index < -0.39 is 0 Å². The maximum absolute atomic E-state index is 6.15. The molecule has 0 aromatic rings. The summed E-state index contributed by atoms with van der Waals surface area (Å²) in [6, 6.07) is 0. The second-order valence-electron chi connectivity index (χ2n) is 6.31. The van der Waals surface area contributed by atoms with Gasteiger partial charge in [0.2, 0.25) is 0 Å². The minimum absolute atomic E-state index is 0.241. The van der Waals surface area contributed by atoms with Crippen LogP contribution in [0.25, 0.3) is 0 Å². The molecule has 18 heavy (non-hydrogen) atoms. The van der Waals surface area contributed by atoms with Gasteiger partial charge in [0.15, 0.2) is 0 Å². The lowest BCUT2D eigenvalue weighted by atomic mass is 9.73. The first-order valence-corrected chi connectivity index (χ1v) is 7.73. The Morgan fingerprint density at radius 2 is 2.17 bits per heavy atom. The number of ether oxygens (including phenoxy) is 1. The van der Waals surface area contributed by atoms with Crippen LogP contribution in [-0.2, 0) is 4.74 Å². The summed E-state index contributed by atoms with van der Waals surface area (Å²) in [6.07, 6.45) is 9.48. The minimum Gasteiger partial charge on any atom is -0.377 e. The van der Waals surface area contributed by atoms with Gasteiger partial charge in [-0.15, -0.1) is 0 Å². The molecule has 0 aromatic carbocycles.